The molecule has 3 heteroatoms. The second kappa shape index (κ2) is 5.35. The lowest BCUT2D eigenvalue weighted by Gasteiger charge is -2.30. The van der Waals surface area contributed by atoms with Crippen LogP contribution in [0.4, 0.5) is 17.1 Å². The molecule has 0 radical (unpaired) electrons. The lowest BCUT2D eigenvalue weighted by molar-refractivity contribution is 0.216. The molecule has 0 spiro atoms. The zero-order chi connectivity index (χ0) is 14.9. The van der Waals surface area contributed by atoms with Crippen LogP contribution in [-0.2, 0) is 0 Å². The number of fused-ring (bicyclic) bond motifs is 2. The second-order valence-corrected chi connectivity index (χ2v) is 5.68. The van der Waals surface area contributed by atoms with Crippen molar-refractivity contribution in [2.75, 3.05) is 10.6 Å². The number of hydrogen-bond donors (Lipinski definition) is 3. The monoisotopic (exact) mass is 290 g/mol. The molecule has 4 rings (SSSR count). The lowest BCUT2D eigenvalue weighted by Crippen LogP contribution is -2.19. The van der Waals surface area contributed by atoms with Gasteiger partial charge in [0.2, 0.25) is 0 Å². The van der Waals surface area contributed by atoms with Crippen LogP contribution in [-0.4, -0.2) is 5.11 Å². The topological polar surface area (TPSA) is 44.3 Å². The van der Waals surface area contributed by atoms with Gasteiger partial charge >= 0.3 is 0 Å². The van der Waals surface area contributed by atoms with E-state index in [1.165, 1.54) is 0 Å². The number of aliphatic hydroxyl groups excluding tert-OH is 1. The third-order valence-electron chi connectivity index (χ3n) is 4.16. The number of para-hydroxylation sites is 1. The van der Waals surface area contributed by atoms with Crippen molar-refractivity contribution in [3.05, 3.63) is 77.5 Å². The molecule has 3 nitrogen and oxygen atoms in total. The van der Waals surface area contributed by atoms with E-state index in [0.717, 1.165) is 46.7 Å². The Morgan fingerprint density at radius 1 is 0.955 bits per heavy atom. The maximum Gasteiger partial charge on any atom is 0.108 e. The summed E-state index contributed by atoms with van der Waals surface area (Å²) in [6.45, 7) is 0. The quantitative estimate of drug-likeness (QED) is 0.763. The third kappa shape index (κ3) is 2.30. The minimum absolute atomic E-state index is 0.555. The predicted octanol–water partition coefficient (Wildman–Crippen LogP) is 4.49. The van der Waals surface area contributed by atoms with Gasteiger partial charge in [-0.25, -0.2) is 0 Å². The van der Waals surface area contributed by atoms with Crippen molar-refractivity contribution in [1.82, 2.24) is 0 Å². The van der Waals surface area contributed by atoms with Crippen LogP contribution >= 0.6 is 0 Å². The van der Waals surface area contributed by atoms with Gasteiger partial charge in [0, 0.05) is 33.9 Å². The van der Waals surface area contributed by atoms with Crippen molar-refractivity contribution in [2.45, 2.75) is 18.9 Å². The first kappa shape index (κ1) is 13.2. The van der Waals surface area contributed by atoms with Gasteiger partial charge in [-0.15, -0.1) is 0 Å². The summed E-state index contributed by atoms with van der Waals surface area (Å²) in [4.78, 5) is 0. The fourth-order valence-corrected chi connectivity index (χ4v) is 3.06. The van der Waals surface area contributed by atoms with Crippen molar-refractivity contribution >= 4 is 17.1 Å². The van der Waals surface area contributed by atoms with E-state index in [-0.39, 0.29) is 0 Å². The summed E-state index contributed by atoms with van der Waals surface area (Å²) in [5, 5.41) is 17.5. The highest BCUT2D eigenvalue weighted by atomic mass is 16.3. The van der Waals surface area contributed by atoms with E-state index in [1.54, 1.807) is 0 Å². The lowest BCUT2D eigenvalue weighted by atomic mass is 9.89. The van der Waals surface area contributed by atoms with Gasteiger partial charge in [-0.2, -0.15) is 0 Å². The number of anilines is 3. The van der Waals surface area contributed by atoms with Crippen LogP contribution in [0.3, 0.4) is 0 Å². The van der Waals surface area contributed by atoms with Gasteiger partial charge < -0.3 is 15.7 Å². The molecule has 0 fully saturated rings. The highest BCUT2D eigenvalue weighted by molar-refractivity contribution is 5.72. The Hall–Kier alpha value is -2.52. The number of rotatable bonds is 2. The van der Waals surface area contributed by atoms with Gasteiger partial charge in [0.25, 0.3) is 0 Å². The SMILES string of the molecule is OC1C2=CCCC=C2Nc2ccc(Nc3ccccc3)cc21. The zero-order valence-corrected chi connectivity index (χ0v) is 12.2. The first-order valence-corrected chi connectivity index (χ1v) is 7.63. The molecule has 2 aromatic rings. The molecule has 0 bridgehead atoms. The van der Waals surface area contributed by atoms with Crippen molar-refractivity contribution in [3.8, 4) is 0 Å². The Morgan fingerprint density at radius 3 is 2.64 bits per heavy atom. The molecule has 2 aromatic carbocycles. The van der Waals surface area contributed by atoms with Gasteiger partial charge in [-0.05, 0) is 43.2 Å². The molecule has 1 unspecified atom stereocenters. The molecule has 1 atom stereocenters. The average Bonchev–Trinajstić information content (AvgIpc) is 2.57. The summed E-state index contributed by atoms with van der Waals surface area (Å²) in [5.74, 6) is 0. The highest BCUT2D eigenvalue weighted by Gasteiger charge is 2.27. The number of allylic oxidation sites excluding steroid dienone is 2. The van der Waals surface area contributed by atoms with E-state index >= 15 is 0 Å². The molecular formula is C19H18N2O. The van der Waals surface area contributed by atoms with Crippen LogP contribution < -0.4 is 10.6 Å². The molecule has 3 N–H and O–H groups in total. The fraction of sp³-hybridized carbons (Fsp3) is 0.158. The van der Waals surface area contributed by atoms with E-state index in [0.29, 0.717) is 0 Å². The van der Waals surface area contributed by atoms with Crippen molar-refractivity contribution < 1.29 is 5.11 Å². The van der Waals surface area contributed by atoms with Gasteiger partial charge in [0.15, 0.2) is 0 Å². The summed E-state index contributed by atoms with van der Waals surface area (Å²) in [7, 11) is 0. The maximum atomic E-state index is 10.7. The molecule has 0 amide bonds. The van der Waals surface area contributed by atoms with Crippen LogP contribution in [0.5, 0.6) is 0 Å². The Kier molecular flexibility index (Phi) is 3.20. The first-order chi connectivity index (χ1) is 10.8. The first-order valence-electron chi connectivity index (χ1n) is 7.63. The number of aliphatic hydroxyl groups is 1. The minimum Gasteiger partial charge on any atom is -0.384 e. The van der Waals surface area contributed by atoms with Crippen LogP contribution in [0.2, 0.25) is 0 Å². The molecule has 22 heavy (non-hydrogen) atoms. The maximum absolute atomic E-state index is 10.7. The smallest absolute Gasteiger partial charge is 0.108 e. The number of nitrogens with one attached hydrogen (secondary N) is 2. The summed E-state index contributed by atoms with van der Waals surface area (Å²) in [5.41, 5.74) is 5.97. The van der Waals surface area contributed by atoms with Crippen LogP contribution in [0.15, 0.2) is 72.0 Å². The van der Waals surface area contributed by atoms with Crippen LogP contribution in [0, 0.1) is 0 Å². The molecule has 0 saturated carbocycles. The Morgan fingerprint density at radius 2 is 1.77 bits per heavy atom. The third-order valence-corrected chi connectivity index (χ3v) is 4.16. The summed E-state index contributed by atoms with van der Waals surface area (Å²) >= 11 is 0. The van der Waals surface area contributed by atoms with Crippen molar-refractivity contribution in [1.29, 1.82) is 0 Å². The minimum atomic E-state index is -0.555. The van der Waals surface area contributed by atoms with Crippen molar-refractivity contribution in [3.63, 3.8) is 0 Å². The van der Waals surface area contributed by atoms with Crippen molar-refractivity contribution in [2.24, 2.45) is 0 Å². The summed E-state index contributed by atoms with van der Waals surface area (Å²) < 4.78 is 0. The van der Waals surface area contributed by atoms with E-state index in [9.17, 15) is 5.11 Å². The largest absolute Gasteiger partial charge is 0.384 e. The molecule has 1 aliphatic heterocycles. The van der Waals surface area contributed by atoms with E-state index in [1.807, 2.05) is 48.5 Å². The van der Waals surface area contributed by atoms with Gasteiger partial charge in [-0.3, -0.25) is 0 Å². The van der Waals surface area contributed by atoms with Gasteiger partial charge in [0.05, 0.1) is 0 Å². The molecule has 0 aromatic heterocycles. The summed E-state index contributed by atoms with van der Waals surface area (Å²) in [6.07, 6.45) is 5.77. The van der Waals surface area contributed by atoms with Gasteiger partial charge in [0.1, 0.15) is 6.10 Å². The molecule has 1 heterocycles. The predicted molar refractivity (Wildman–Crippen MR) is 90.1 cm³/mol. The molecule has 0 saturated heterocycles. The highest BCUT2D eigenvalue weighted by Crippen LogP contribution is 2.41. The normalized spacial score (nSPS) is 19.2. The summed E-state index contributed by atoms with van der Waals surface area (Å²) in [6, 6.07) is 16.1. The average molecular weight is 290 g/mol. The van der Waals surface area contributed by atoms with Gasteiger partial charge in [-0.1, -0.05) is 30.4 Å². The Labute approximate surface area is 130 Å². The Balaban J connectivity index is 1.68. The molecule has 1 aliphatic carbocycles. The van der Waals surface area contributed by atoms with Crippen LogP contribution in [0.25, 0.3) is 0 Å². The second-order valence-electron chi connectivity index (χ2n) is 5.68. The van der Waals surface area contributed by atoms with E-state index < -0.39 is 6.10 Å². The number of hydrogen-bond acceptors (Lipinski definition) is 3. The number of benzene rings is 2. The standard InChI is InChI=1S/C19H18N2O/c22-19-15-8-4-5-9-17(15)21-18-11-10-14(12-16(18)19)20-13-6-2-1-3-7-13/h1-3,6-12,19-22H,4-5H2. The molecule has 110 valence electrons. The van der Waals surface area contributed by atoms with E-state index in [4.69, 9.17) is 0 Å². The van der Waals surface area contributed by atoms with E-state index in [2.05, 4.69) is 22.8 Å². The zero-order valence-electron chi connectivity index (χ0n) is 12.2. The molecular weight excluding hydrogens is 272 g/mol. The molecule has 2 aliphatic rings. The fourth-order valence-electron chi connectivity index (χ4n) is 3.06. The van der Waals surface area contributed by atoms with Crippen LogP contribution in [0.1, 0.15) is 24.5 Å². The Bertz CT molecular complexity index is 762.